The molecule has 0 aromatic rings. The molecule has 0 radical (unpaired) electrons. The molecule has 2 unspecified atom stereocenters. The molecule has 1 aliphatic heterocycles. The van der Waals surface area contributed by atoms with Crippen LogP contribution >= 0.6 is 0 Å². The Morgan fingerprint density at radius 3 is 2.19 bits per heavy atom. The first-order chi connectivity index (χ1) is 7.86. The Morgan fingerprint density at radius 1 is 0.875 bits per heavy atom. The highest BCUT2D eigenvalue weighted by Gasteiger charge is 2.25. The summed E-state index contributed by atoms with van der Waals surface area (Å²) >= 11 is 0. The van der Waals surface area contributed by atoms with Gasteiger partial charge in [0, 0.05) is 0 Å². The molecule has 2 atom stereocenters. The number of nitrogens with zero attached hydrogens (tertiary/aromatic N) is 1. The van der Waals surface area contributed by atoms with Gasteiger partial charge in [0.1, 0.15) is 0 Å². The van der Waals surface area contributed by atoms with Crippen molar-refractivity contribution in [3.63, 3.8) is 0 Å². The summed E-state index contributed by atoms with van der Waals surface area (Å²) in [6.07, 6.45) is 11.8. The second-order valence-corrected chi connectivity index (χ2v) is 5.66. The summed E-state index contributed by atoms with van der Waals surface area (Å²) in [4.78, 5) is 2.63. The third-order valence-electron chi connectivity index (χ3n) is 4.38. The van der Waals surface area contributed by atoms with Crippen molar-refractivity contribution >= 4 is 0 Å². The minimum absolute atomic E-state index is 0.00903. The van der Waals surface area contributed by atoms with Crippen LogP contribution in [0.4, 0.5) is 0 Å². The van der Waals surface area contributed by atoms with Gasteiger partial charge in [0.25, 0.3) is 0 Å². The summed E-state index contributed by atoms with van der Waals surface area (Å²) in [6.45, 7) is 3.81. The fourth-order valence-electron chi connectivity index (χ4n) is 3.24. The van der Waals surface area contributed by atoms with E-state index in [1.54, 1.807) is 0 Å². The molecule has 0 aromatic heterocycles. The third-order valence-corrected chi connectivity index (χ3v) is 4.38. The first kappa shape index (κ1) is 12.4. The Kier molecular flexibility index (Phi) is 5.11. The molecule has 2 nitrogen and oxygen atoms in total. The van der Waals surface area contributed by atoms with Crippen molar-refractivity contribution in [2.75, 3.05) is 19.6 Å². The lowest BCUT2D eigenvalue weighted by Crippen LogP contribution is -2.30. The van der Waals surface area contributed by atoms with Crippen molar-refractivity contribution in [2.24, 2.45) is 5.92 Å². The topological polar surface area (TPSA) is 23.5 Å². The Bertz CT molecular complexity index is 187. The lowest BCUT2D eigenvalue weighted by molar-refractivity contribution is 0.116. The first-order valence-corrected chi connectivity index (χ1v) is 7.26. The van der Waals surface area contributed by atoms with Crippen LogP contribution in [0.2, 0.25) is 0 Å². The standard InChI is InChI=1S/C14H27NO/c16-14-8-6-7-13(14)9-12-15-10-4-2-1-3-5-11-15/h13-14,16H,1-12H2. The Hall–Kier alpha value is -0.0800. The molecule has 1 saturated carbocycles. The van der Waals surface area contributed by atoms with E-state index in [4.69, 9.17) is 0 Å². The van der Waals surface area contributed by atoms with E-state index in [0.29, 0.717) is 5.92 Å². The second kappa shape index (κ2) is 6.61. The van der Waals surface area contributed by atoms with Crippen LogP contribution in [-0.4, -0.2) is 35.7 Å². The molecule has 1 N–H and O–H groups in total. The van der Waals surface area contributed by atoms with E-state index in [1.807, 2.05) is 0 Å². The van der Waals surface area contributed by atoms with Gasteiger partial charge in [0.2, 0.25) is 0 Å². The van der Waals surface area contributed by atoms with Crippen LogP contribution < -0.4 is 0 Å². The molecular formula is C14H27NO. The first-order valence-electron chi connectivity index (χ1n) is 7.26. The highest BCUT2D eigenvalue weighted by Crippen LogP contribution is 2.28. The lowest BCUT2D eigenvalue weighted by atomic mass is 10.0. The van der Waals surface area contributed by atoms with E-state index < -0.39 is 0 Å². The Morgan fingerprint density at radius 2 is 1.56 bits per heavy atom. The van der Waals surface area contributed by atoms with Crippen LogP contribution in [0.15, 0.2) is 0 Å². The molecule has 0 bridgehead atoms. The van der Waals surface area contributed by atoms with Gasteiger partial charge in [-0.25, -0.2) is 0 Å². The van der Waals surface area contributed by atoms with E-state index in [9.17, 15) is 5.11 Å². The molecule has 94 valence electrons. The quantitative estimate of drug-likeness (QED) is 0.798. The number of likely N-dealkylation sites (tertiary alicyclic amines) is 1. The summed E-state index contributed by atoms with van der Waals surface area (Å²) in [6, 6.07) is 0. The number of rotatable bonds is 3. The van der Waals surface area contributed by atoms with Gasteiger partial charge in [-0.15, -0.1) is 0 Å². The van der Waals surface area contributed by atoms with E-state index in [0.717, 1.165) is 6.42 Å². The van der Waals surface area contributed by atoms with Crippen molar-refractivity contribution in [1.82, 2.24) is 4.90 Å². The predicted octanol–water partition coefficient (Wildman–Crippen LogP) is 2.80. The summed E-state index contributed by atoms with van der Waals surface area (Å²) in [5.41, 5.74) is 0. The molecule has 2 heteroatoms. The second-order valence-electron chi connectivity index (χ2n) is 5.66. The Balaban J connectivity index is 1.67. The van der Waals surface area contributed by atoms with Gasteiger partial charge in [-0.05, 0) is 57.7 Å². The van der Waals surface area contributed by atoms with E-state index in [1.165, 1.54) is 71.0 Å². The Labute approximate surface area is 100 Å². The van der Waals surface area contributed by atoms with Gasteiger partial charge in [0.05, 0.1) is 6.10 Å². The third kappa shape index (κ3) is 3.74. The van der Waals surface area contributed by atoms with Crippen molar-refractivity contribution in [3.8, 4) is 0 Å². The van der Waals surface area contributed by atoms with Crippen molar-refractivity contribution in [2.45, 2.75) is 63.9 Å². The lowest BCUT2D eigenvalue weighted by Gasteiger charge is -2.26. The van der Waals surface area contributed by atoms with Crippen molar-refractivity contribution in [3.05, 3.63) is 0 Å². The van der Waals surface area contributed by atoms with Crippen LogP contribution in [0.3, 0.4) is 0 Å². The summed E-state index contributed by atoms with van der Waals surface area (Å²) in [7, 11) is 0. The minimum Gasteiger partial charge on any atom is -0.393 e. The molecule has 2 rings (SSSR count). The maximum absolute atomic E-state index is 9.80. The maximum Gasteiger partial charge on any atom is 0.0568 e. The van der Waals surface area contributed by atoms with Crippen LogP contribution in [0.5, 0.6) is 0 Å². The average molecular weight is 225 g/mol. The van der Waals surface area contributed by atoms with Crippen molar-refractivity contribution in [1.29, 1.82) is 0 Å². The molecule has 0 aromatic carbocycles. The van der Waals surface area contributed by atoms with Gasteiger partial charge in [-0.2, -0.15) is 0 Å². The van der Waals surface area contributed by atoms with Crippen LogP contribution in [-0.2, 0) is 0 Å². The number of hydrogen-bond acceptors (Lipinski definition) is 2. The zero-order chi connectivity index (χ0) is 11.2. The maximum atomic E-state index is 9.80. The molecule has 2 fully saturated rings. The van der Waals surface area contributed by atoms with E-state index >= 15 is 0 Å². The highest BCUT2D eigenvalue weighted by atomic mass is 16.3. The van der Waals surface area contributed by atoms with E-state index in [2.05, 4.69) is 4.90 Å². The van der Waals surface area contributed by atoms with Gasteiger partial charge < -0.3 is 10.0 Å². The molecule has 0 spiro atoms. The zero-order valence-electron chi connectivity index (χ0n) is 10.5. The molecule has 1 saturated heterocycles. The number of hydrogen-bond donors (Lipinski definition) is 1. The fourth-order valence-corrected chi connectivity index (χ4v) is 3.24. The highest BCUT2D eigenvalue weighted by molar-refractivity contribution is 4.77. The monoisotopic (exact) mass is 225 g/mol. The number of aliphatic hydroxyl groups excluding tert-OH is 1. The molecule has 16 heavy (non-hydrogen) atoms. The predicted molar refractivity (Wildman–Crippen MR) is 67.5 cm³/mol. The molecule has 0 amide bonds. The number of aliphatic hydroxyl groups is 1. The summed E-state index contributed by atoms with van der Waals surface area (Å²) in [5.74, 6) is 0.602. The minimum atomic E-state index is 0.00903. The van der Waals surface area contributed by atoms with Gasteiger partial charge in [-0.1, -0.05) is 25.7 Å². The van der Waals surface area contributed by atoms with Crippen LogP contribution in [0.1, 0.15) is 57.8 Å². The zero-order valence-corrected chi connectivity index (χ0v) is 10.5. The summed E-state index contributed by atoms with van der Waals surface area (Å²) < 4.78 is 0. The smallest absolute Gasteiger partial charge is 0.0568 e. The van der Waals surface area contributed by atoms with Gasteiger partial charge in [0.15, 0.2) is 0 Å². The molecule has 1 aliphatic carbocycles. The summed E-state index contributed by atoms with van der Waals surface area (Å²) in [5, 5.41) is 9.80. The molecular weight excluding hydrogens is 198 g/mol. The SMILES string of the molecule is OC1CCCC1CCN1CCCCCCC1. The fraction of sp³-hybridized carbons (Fsp3) is 1.00. The van der Waals surface area contributed by atoms with Crippen LogP contribution in [0, 0.1) is 5.92 Å². The van der Waals surface area contributed by atoms with Crippen molar-refractivity contribution < 1.29 is 5.11 Å². The molecule has 1 heterocycles. The van der Waals surface area contributed by atoms with Crippen LogP contribution in [0.25, 0.3) is 0 Å². The average Bonchev–Trinajstić information content (AvgIpc) is 2.63. The normalized spacial score (nSPS) is 33.6. The van der Waals surface area contributed by atoms with Gasteiger partial charge >= 0.3 is 0 Å². The molecule has 2 aliphatic rings. The largest absolute Gasteiger partial charge is 0.393 e. The van der Waals surface area contributed by atoms with E-state index in [-0.39, 0.29) is 6.10 Å². The van der Waals surface area contributed by atoms with Gasteiger partial charge in [-0.3, -0.25) is 0 Å².